The number of hydrogen-bond donors (Lipinski definition) is 0. The molecule has 13 heterocycles. The lowest BCUT2D eigenvalue weighted by Crippen LogP contribution is -2.25. The van der Waals surface area contributed by atoms with Crippen LogP contribution in [0.3, 0.4) is 0 Å². The lowest BCUT2D eigenvalue weighted by atomic mass is 9.84. The Morgan fingerprint density at radius 3 is 1.02 bits per heavy atom. The third-order valence-electron chi connectivity index (χ3n) is 23.4. The monoisotopic (exact) mass is 2040 g/mol. The second-order valence-electron chi connectivity index (χ2n) is 54.5. The molecule has 0 radical (unpaired) electrons. The molecule has 12 aromatic rings. The number of aromatic nitrogens is 24. The van der Waals surface area contributed by atoms with E-state index in [-0.39, 0.29) is 71.6 Å². The zero-order valence-corrected chi connectivity index (χ0v) is 106. The normalized spacial score (nSPS) is 13.1. The van der Waals surface area contributed by atoms with Crippen LogP contribution in [-0.2, 0) is 98.6 Å². The molecule has 0 saturated carbocycles. The Hall–Kier alpha value is -10.6. The summed E-state index contributed by atoms with van der Waals surface area (Å²) in [6, 6.07) is 16.7. The van der Waals surface area contributed by atoms with Crippen molar-refractivity contribution in [3.8, 4) is 0 Å². The molecule has 0 spiro atoms. The Bertz CT molecular complexity index is 5600. The van der Waals surface area contributed by atoms with Crippen LogP contribution in [0.1, 0.15) is 439 Å². The molecule has 0 bridgehead atoms. The van der Waals surface area contributed by atoms with Crippen LogP contribution in [0.15, 0.2) is 175 Å². The summed E-state index contributed by atoms with van der Waals surface area (Å²) < 4.78 is 24.7. The van der Waals surface area contributed by atoms with Gasteiger partial charge in [0.15, 0.2) is 0 Å². The van der Waals surface area contributed by atoms with E-state index in [0.29, 0.717) is 10.8 Å². The van der Waals surface area contributed by atoms with Crippen LogP contribution >= 0.6 is 0 Å². The third-order valence-corrected chi connectivity index (χ3v) is 23.4. The number of hydrogen-bond acceptors (Lipinski definition) is 13. The maximum atomic E-state index is 4.67. The highest BCUT2D eigenvalue weighted by Gasteiger charge is 2.29. The van der Waals surface area contributed by atoms with Crippen molar-refractivity contribution in [2.45, 2.75) is 506 Å². The molecule has 0 aromatic carbocycles. The number of imidazole rings is 3. The maximum Gasteiger partial charge on any atom is 0.147 e. The number of allylic oxidation sites excluding steroid dienone is 6. The average Bonchev–Trinajstić information content (AvgIpc) is 1.65. The van der Waals surface area contributed by atoms with Gasteiger partial charge in [0.25, 0.3) is 0 Å². The molecule has 14 rings (SSSR count). The van der Waals surface area contributed by atoms with E-state index in [1.165, 1.54) is 68.0 Å². The Balaban J connectivity index is 0.000000798. The van der Waals surface area contributed by atoms with Crippen molar-refractivity contribution in [2.75, 3.05) is 0 Å². The maximum absolute atomic E-state index is 4.67. The van der Waals surface area contributed by atoms with Gasteiger partial charge in [-0.15, -0.1) is 0 Å². The van der Waals surface area contributed by atoms with Gasteiger partial charge in [-0.05, 0) is 381 Å². The smallest absolute Gasteiger partial charge is 0.147 e. The number of rotatable bonds is 2. The van der Waals surface area contributed by atoms with E-state index >= 15 is 0 Å². The van der Waals surface area contributed by atoms with Crippen LogP contribution in [-0.4, -0.2) is 122 Å². The topological polar surface area (TPSA) is 226 Å². The second kappa shape index (κ2) is 54.9. The molecule has 0 atom stereocenters. The largest absolute Gasteiger partial charge is 0.354 e. The number of nitrogens with zero attached hydrogens (tertiary/aromatic N) is 25. The fourth-order valence-electron chi connectivity index (χ4n) is 15.9. The predicted molar refractivity (Wildman–Crippen MR) is 632 cm³/mol. The summed E-state index contributed by atoms with van der Waals surface area (Å²) in [4.78, 5) is 25.0. The van der Waals surface area contributed by atoms with Crippen LogP contribution < -0.4 is 0 Å². The quantitative estimate of drug-likeness (QED) is 0.157. The molecule has 0 unspecified atom stereocenters. The van der Waals surface area contributed by atoms with E-state index in [9.17, 15) is 0 Å². The first-order valence-corrected chi connectivity index (χ1v) is 53.5. The number of aliphatic imine (C=N–C) groups is 1. The summed E-state index contributed by atoms with van der Waals surface area (Å²) in [5.41, 5.74) is 21.7. The van der Waals surface area contributed by atoms with Gasteiger partial charge < -0.3 is 22.8 Å². The summed E-state index contributed by atoms with van der Waals surface area (Å²) in [5, 5.41) is 30.4. The van der Waals surface area contributed by atoms with E-state index in [2.05, 4.69) is 545 Å². The first-order valence-electron chi connectivity index (χ1n) is 53.5. The van der Waals surface area contributed by atoms with Crippen LogP contribution in [0.4, 0.5) is 0 Å². The van der Waals surface area contributed by atoms with Crippen molar-refractivity contribution in [1.82, 2.24) is 116 Å². The van der Waals surface area contributed by atoms with Gasteiger partial charge >= 0.3 is 0 Å². The summed E-state index contributed by atoms with van der Waals surface area (Å²) >= 11 is 0. The zero-order chi connectivity index (χ0) is 115. The van der Waals surface area contributed by atoms with Crippen LogP contribution in [0.25, 0.3) is 0 Å². The highest BCUT2D eigenvalue weighted by molar-refractivity contribution is 5.88. The third kappa shape index (κ3) is 48.6. The minimum atomic E-state index is 0.0470. The SMILES string of the molecule is CC(C)(C)n1cccc1.CC(C)(C)n1cccn1.CC(C)(C)n1ccnc1.CC(C)(C)n1cncn1.CC1=CCC(C(C)(C)C)=C1.CC1=NC(C)=C(C(C)(C)C)C1.CCc1cc(C)n(C(C)(C)C)n1.CCc1cc(C)n(C(C)(C)C)n1.Cc1cc(C(C)(C)C)nn1C(C)(C)C.Cc1ccn(C(C)(C)C)n1.Cc1ccn(C)c1C(C)(C)C.Cc1cn(C)c(C(C)(C)C)n1.Cc1nc(C)n(C(C)(C)C)n1.Cc1nccn1C(C)(C)C. The average molecular weight is 2040 g/mol. The molecule has 1 aliphatic heterocycles. The number of aryl methyl sites for hydroxylation is 13. The van der Waals surface area contributed by atoms with Crippen LogP contribution in [0.2, 0.25) is 0 Å². The molecule has 148 heavy (non-hydrogen) atoms. The summed E-state index contributed by atoms with van der Waals surface area (Å²) in [6.07, 6.45) is 35.7. The fourth-order valence-corrected chi connectivity index (χ4v) is 15.9. The van der Waals surface area contributed by atoms with Crippen LogP contribution in [0.5, 0.6) is 0 Å². The Labute approximate surface area is 902 Å². The Kier molecular flexibility index (Phi) is 50.2. The minimum Gasteiger partial charge on any atom is -0.354 e. The van der Waals surface area contributed by atoms with Crippen molar-refractivity contribution >= 4 is 5.71 Å². The van der Waals surface area contributed by atoms with Crippen molar-refractivity contribution in [1.29, 1.82) is 0 Å². The molecule has 25 heteroatoms. The zero-order valence-electron chi connectivity index (χ0n) is 106. The molecular weight excluding hydrogens is 1830 g/mol. The molecule has 25 nitrogen and oxygen atoms in total. The fraction of sp³-hybridized carbons (Fsp3) is 0.650. The standard InChI is InChI=1S/C12H22N2.2C10H18N2.2C10H17N.C10H16.C9H16N2.C8H15N3.2C8H14N2.C8H13N.2C7H12N2.C6H11N3/c1-9-8-10(11(2,3)4)13-14(9)12(5,6)7;2*1-6-9-7-8(2)12(11-9)10(3,4)5;1-8-6-7-11(5)9(8)10(2,3)4;1-7-6-9(8(2)11-7)10(3,4)5;1-8-5-6-9(7-8)10(2,3)4;1-7-6-11(5)8(10-7)9(2,3)4;1-6-9-7(2)11(10-6)8(3,4)5;1-7-9-5-6-10(7)8(2,3)4;1-7-5-6-10(9-7)8(2,3)4;1-8(2,3)9-6-4-5-7-9;1-7(2,3)9-5-4-8-6-9;1-7(2,3)9-6-4-5-8-9;1-6(2,3)9-5-7-4-8-9/h8H,1-7H3;2*7H,6H2,1-5H3;6-7H,1-5H3;6H2,1-5H3;5,7H,6H2,1-4H3;6H,1-5H3;1-5H3;2*5-6H,1-4H3;4-7H,1-3H3;2*4-6H,1-3H3;4-5H,1-3H3. The van der Waals surface area contributed by atoms with Gasteiger partial charge in [0.2, 0.25) is 0 Å². The van der Waals surface area contributed by atoms with Crippen LogP contribution in [0, 0.1) is 73.1 Å². The minimum absolute atomic E-state index is 0.0470. The lowest BCUT2D eigenvalue weighted by molar-refractivity contribution is 0.341. The molecule has 0 fully saturated rings. The van der Waals surface area contributed by atoms with E-state index in [1.54, 1.807) is 30.6 Å². The molecule has 0 saturated heterocycles. The van der Waals surface area contributed by atoms with E-state index in [4.69, 9.17) is 0 Å². The first-order chi connectivity index (χ1) is 66.6. The molecule has 1 aliphatic carbocycles. The van der Waals surface area contributed by atoms with Crippen molar-refractivity contribution < 1.29 is 0 Å². The van der Waals surface area contributed by atoms with Gasteiger partial charge in [-0.25, -0.2) is 34.3 Å². The molecule has 0 amide bonds. The van der Waals surface area contributed by atoms with E-state index < -0.39 is 0 Å². The van der Waals surface area contributed by atoms with E-state index in [0.717, 1.165) is 60.4 Å². The summed E-state index contributed by atoms with van der Waals surface area (Å²) in [5.74, 6) is 4.05. The molecule has 832 valence electrons. The lowest BCUT2D eigenvalue weighted by Gasteiger charge is -2.22. The van der Waals surface area contributed by atoms with Gasteiger partial charge in [0.05, 0.1) is 73.6 Å². The Morgan fingerprint density at radius 1 is 0.351 bits per heavy atom. The van der Waals surface area contributed by atoms with Gasteiger partial charge in [-0.1, -0.05) is 141 Å². The van der Waals surface area contributed by atoms with E-state index in [1.807, 2.05) is 122 Å². The molecule has 2 aliphatic rings. The summed E-state index contributed by atoms with van der Waals surface area (Å²) in [6.45, 7) is 127. The van der Waals surface area contributed by atoms with Crippen molar-refractivity contribution in [3.63, 3.8) is 0 Å². The predicted octanol–water partition coefficient (Wildman–Crippen LogP) is 31.5. The summed E-state index contributed by atoms with van der Waals surface area (Å²) in [7, 11) is 4.15. The Morgan fingerprint density at radius 2 is 0.831 bits per heavy atom. The van der Waals surface area contributed by atoms with Crippen molar-refractivity contribution in [3.05, 3.63) is 250 Å². The highest BCUT2D eigenvalue weighted by Crippen LogP contribution is 2.37. The molecular formula is C123H215N25. The molecule has 12 aromatic heterocycles. The van der Waals surface area contributed by atoms with Gasteiger partial charge in [-0.3, -0.25) is 28.4 Å². The molecule has 0 N–H and O–H groups in total. The highest BCUT2D eigenvalue weighted by atomic mass is 15.4. The van der Waals surface area contributed by atoms with Gasteiger partial charge in [-0.2, -0.15) is 35.7 Å². The van der Waals surface area contributed by atoms with Crippen molar-refractivity contribution in [2.24, 2.45) is 29.9 Å². The first kappa shape index (κ1) is 135. The second-order valence-corrected chi connectivity index (χ2v) is 54.5. The van der Waals surface area contributed by atoms with Gasteiger partial charge in [0, 0.05) is 156 Å². The van der Waals surface area contributed by atoms with Gasteiger partial charge in [0.1, 0.15) is 36.0 Å².